The molecular weight excluding hydrogens is 629 g/mol. The van der Waals surface area contributed by atoms with Gasteiger partial charge in [0.05, 0.1) is 12.6 Å². The highest BCUT2D eigenvalue weighted by Crippen LogP contribution is 2.27. The number of hydrogen-bond donors (Lipinski definition) is 0. The third kappa shape index (κ3) is 19.6. The number of aryl methyl sites for hydroxylation is 1. The molecule has 0 saturated heterocycles. The smallest absolute Gasteiger partial charge is 0.234 e. The molecule has 0 saturated carbocycles. The average Bonchev–Trinajstić information content (AvgIpc) is 3.58. The molecule has 3 rings (SSSR count). The molecular formula is C50H83N2+. The van der Waals surface area contributed by atoms with Crippen LogP contribution >= 0.6 is 0 Å². The van der Waals surface area contributed by atoms with Crippen molar-refractivity contribution in [2.75, 3.05) is 0 Å². The van der Waals surface area contributed by atoms with Crippen LogP contribution in [0.1, 0.15) is 223 Å². The maximum atomic E-state index is 2.67. The summed E-state index contributed by atoms with van der Waals surface area (Å²) in [5.41, 5.74) is 2.93. The molecule has 1 aromatic heterocycles. The summed E-state index contributed by atoms with van der Waals surface area (Å²) in [6.07, 6.45) is 45.0. The van der Waals surface area contributed by atoms with E-state index in [0.29, 0.717) is 12.0 Å². The number of hydrogen-bond acceptors (Lipinski definition) is 0. The molecule has 0 aliphatic heterocycles. The second-order valence-electron chi connectivity index (χ2n) is 16.4. The first-order chi connectivity index (χ1) is 25.7. The van der Waals surface area contributed by atoms with E-state index in [-0.39, 0.29) is 0 Å². The Labute approximate surface area is 323 Å². The fourth-order valence-electron chi connectivity index (χ4n) is 8.38. The van der Waals surface area contributed by atoms with Crippen LogP contribution in [0.25, 0.3) is 0 Å². The quantitative estimate of drug-likeness (QED) is 0.0431. The molecule has 1 heterocycles. The largest absolute Gasteiger partial charge is 0.256 e. The molecule has 0 bridgehead atoms. The van der Waals surface area contributed by atoms with Crippen LogP contribution in [-0.2, 0) is 19.4 Å². The summed E-state index contributed by atoms with van der Waals surface area (Å²) in [5.74, 6) is 2.09. The SMILES string of the molecule is CCCCCCCCCCCCCCCC(C)n1cc[n+](CCCCCCCCCCCCCC)c1CCC(Cc1ccccc1)c1ccccc1. The minimum absolute atomic E-state index is 0.531. The fraction of sp³-hybridized carbons (Fsp3) is 0.700. The Kier molecular flexibility index (Phi) is 25.4. The van der Waals surface area contributed by atoms with Crippen molar-refractivity contribution in [3.63, 3.8) is 0 Å². The van der Waals surface area contributed by atoms with E-state index >= 15 is 0 Å². The summed E-state index contributed by atoms with van der Waals surface area (Å²) >= 11 is 0. The van der Waals surface area contributed by atoms with Crippen molar-refractivity contribution in [1.29, 1.82) is 0 Å². The lowest BCUT2D eigenvalue weighted by molar-refractivity contribution is -0.704. The zero-order valence-corrected chi connectivity index (χ0v) is 34.7. The highest BCUT2D eigenvalue weighted by atomic mass is 15.2. The Morgan fingerprint density at radius 3 is 1.44 bits per heavy atom. The van der Waals surface area contributed by atoms with E-state index in [0.717, 1.165) is 12.8 Å². The Morgan fingerprint density at radius 1 is 0.500 bits per heavy atom. The van der Waals surface area contributed by atoms with Crippen molar-refractivity contribution < 1.29 is 4.57 Å². The highest BCUT2D eigenvalue weighted by molar-refractivity contribution is 5.24. The van der Waals surface area contributed by atoms with Gasteiger partial charge >= 0.3 is 0 Å². The van der Waals surface area contributed by atoms with Gasteiger partial charge in [0.1, 0.15) is 12.4 Å². The van der Waals surface area contributed by atoms with Crippen LogP contribution in [0, 0.1) is 0 Å². The van der Waals surface area contributed by atoms with E-state index in [1.807, 2.05) is 0 Å². The van der Waals surface area contributed by atoms with Gasteiger partial charge in [0.2, 0.25) is 0 Å². The molecule has 0 amide bonds. The fourth-order valence-corrected chi connectivity index (χ4v) is 8.38. The number of rotatable bonds is 34. The van der Waals surface area contributed by atoms with Crippen molar-refractivity contribution in [2.45, 2.75) is 225 Å². The normalized spacial score (nSPS) is 12.8. The molecule has 0 aliphatic carbocycles. The molecule has 2 unspecified atom stereocenters. The van der Waals surface area contributed by atoms with Crippen molar-refractivity contribution in [1.82, 2.24) is 4.57 Å². The van der Waals surface area contributed by atoms with Gasteiger partial charge in [-0.3, -0.25) is 0 Å². The van der Waals surface area contributed by atoms with E-state index in [1.54, 1.807) is 5.82 Å². The van der Waals surface area contributed by atoms with Crippen LogP contribution < -0.4 is 4.57 Å². The zero-order valence-electron chi connectivity index (χ0n) is 34.7. The maximum Gasteiger partial charge on any atom is 0.256 e. The van der Waals surface area contributed by atoms with Crippen LogP contribution in [0.15, 0.2) is 73.1 Å². The maximum absolute atomic E-state index is 2.67. The molecule has 0 radical (unpaired) electrons. The Balaban J connectivity index is 1.48. The third-order valence-electron chi connectivity index (χ3n) is 11.8. The van der Waals surface area contributed by atoms with Crippen LogP contribution in [-0.4, -0.2) is 4.57 Å². The molecule has 0 spiro atoms. The van der Waals surface area contributed by atoms with Crippen LogP contribution in [0.3, 0.4) is 0 Å². The monoisotopic (exact) mass is 712 g/mol. The Hall–Kier alpha value is -2.35. The standard InChI is InChI=1S/C50H83N2/c1-4-6-8-10-12-14-16-18-19-21-23-25-29-35-46(3)52-44-43-51(42-34-26-24-22-20-17-15-13-11-9-7-5-2)50(52)41-40-49(48-38-32-28-33-39-48)45-47-36-30-27-31-37-47/h27-28,30-33,36-39,43-44,46,49H,4-26,29,34-35,40-42,45H2,1-3H3/q+1. The second kappa shape index (κ2) is 30.0. The third-order valence-corrected chi connectivity index (χ3v) is 11.8. The average molecular weight is 712 g/mol. The summed E-state index contributed by atoms with van der Waals surface area (Å²) in [6, 6.07) is 23.0. The number of imidazole rings is 1. The first kappa shape index (κ1) is 44.0. The summed E-state index contributed by atoms with van der Waals surface area (Å²) in [7, 11) is 0. The Bertz CT molecular complexity index is 1200. The number of nitrogens with zero attached hydrogens (tertiary/aromatic N) is 2. The van der Waals surface area contributed by atoms with Gasteiger partial charge in [0.15, 0.2) is 0 Å². The van der Waals surface area contributed by atoms with Gasteiger partial charge in [0, 0.05) is 6.42 Å². The number of benzene rings is 2. The van der Waals surface area contributed by atoms with Crippen LogP contribution in [0.4, 0.5) is 0 Å². The molecule has 2 nitrogen and oxygen atoms in total. The lowest BCUT2D eigenvalue weighted by atomic mass is 9.88. The van der Waals surface area contributed by atoms with Gasteiger partial charge in [0.25, 0.3) is 5.82 Å². The summed E-state index contributed by atoms with van der Waals surface area (Å²) < 4.78 is 5.31. The second-order valence-corrected chi connectivity index (χ2v) is 16.4. The van der Waals surface area contributed by atoms with Gasteiger partial charge in [-0.2, -0.15) is 0 Å². The van der Waals surface area contributed by atoms with Gasteiger partial charge in [-0.1, -0.05) is 216 Å². The van der Waals surface area contributed by atoms with E-state index < -0.39 is 0 Å². The van der Waals surface area contributed by atoms with Crippen molar-refractivity contribution in [2.24, 2.45) is 0 Å². The van der Waals surface area contributed by atoms with Crippen LogP contribution in [0.2, 0.25) is 0 Å². The van der Waals surface area contributed by atoms with E-state index in [2.05, 4.69) is 103 Å². The van der Waals surface area contributed by atoms with Gasteiger partial charge in [-0.25, -0.2) is 9.13 Å². The lowest BCUT2D eigenvalue weighted by Gasteiger charge is -2.18. The van der Waals surface area contributed by atoms with Gasteiger partial charge in [-0.05, 0) is 62.5 Å². The molecule has 0 fully saturated rings. The Morgan fingerprint density at radius 2 is 0.942 bits per heavy atom. The predicted octanol–water partition coefficient (Wildman–Crippen LogP) is 15.5. The van der Waals surface area contributed by atoms with Gasteiger partial charge in [-0.15, -0.1) is 0 Å². The molecule has 292 valence electrons. The molecule has 2 atom stereocenters. The highest BCUT2D eigenvalue weighted by Gasteiger charge is 2.23. The predicted molar refractivity (Wildman–Crippen MR) is 228 cm³/mol. The molecule has 2 heteroatoms. The summed E-state index contributed by atoms with van der Waals surface area (Å²) in [4.78, 5) is 0. The lowest BCUT2D eigenvalue weighted by Crippen LogP contribution is -2.38. The molecule has 0 N–H and O–H groups in total. The van der Waals surface area contributed by atoms with E-state index in [4.69, 9.17) is 0 Å². The topological polar surface area (TPSA) is 8.81 Å². The molecule has 3 aromatic rings. The minimum atomic E-state index is 0.531. The van der Waals surface area contributed by atoms with Crippen molar-refractivity contribution >= 4 is 0 Å². The van der Waals surface area contributed by atoms with E-state index in [1.165, 1.54) is 191 Å². The number of unbranched alkanes of at least 4 members (excludes halogenated alkanes) is 23. The van der Waals surface area contributed by atoms with E-state index in [9.17, 15) is 0 Å². The van der Waals surface area contributed by atoms with Crippen LogP contribution in [0.5, 0.6) is 0 Å². The molecule has 0 aliphatic rings. The summed E-state index contributed by atoms with van der Waals surface area (Å²) in [5, 5.41) is 0. The summed E-state index contributed by atoms with van der Waals surface area (Å²) in [6.45, 7) is 8.27. The van der Waals surface area contributed by atoms with Gasteiger partial charge < -0.3 is 0 Å². The zero-order chi connectivity index (χ0) is 36.7. The first-order valence-corrected chi connectivity index (χ1v) is 22.9. The van der Waals surface area contributed by atoms with Crippen molar-refractivity contribution in [3.8, 4) is 0 Å². The molecule has 52 heavy (non-hydrogen) atoms. The number of aromatic nitrogens is 2. The molecule has 2 aromatic carbocycles. The van der Waals surface area contributed by atoms with Crippen molar-refractivity contribution in [3.05, 3.63) is 90.0 Å². The minimum Gasteiger partial charge on any atom is -0.234 e. The first-order valence-electron chi connectivity index (χ1n) is 22.9.